The van der Waals surface area contributed by atoms with Gasteiger partial charge in [-0.1, -0.05) is 76.2 Å². The van der Waals surface area contributed by atoms with Crippen molar-refractivity contribution in [1.29, 1.82) is 0 Å². The highest BCUT2D eigenvalue weighted by atomic mass is 16.3. The maximum absolute atomic E-state index is 14.0. The van der Waals surface area contributed by atoms with Gasteiger partial charge in [0.25, 0.3) is 0 Å². The Hall–Kier alpha value is -5.77. The van der Waals surface area contributed by atoms with Crippen LogP contribution in [0.25, 0.3) is 10.9 Å². The van der Waals surface area contributed by atoms with Crippen LogP contribution >= 0.6 is 0 Å². The molecule has 1 aliphatic rings. The monoisotopic (exact) mass is 774 g/mol. The zero-order chi connectivity index (χ0) is 40.9. The van der Waals surface area contributed by atoms with E-state index in [1.165, 1.54) is 6.92 Å². The zero-order valence-electron chi connectivity index (χ0n) is 32.4. The predicted octanol–water partition coefficient (Wildman–Crippen LogP) is 0.0961. The number of aromatic nitrogens is 1. The first-order valence-corrected chi connectivity index (χ1v) is 19.0. The maximum Gasteiger partial charge on any atom is 0.245 e. The standard InChI is InChI=1S/C40H54N8O8/c1-22(2)33-39(55)45-29(18-25-12-7-6-8-13-25)37(53)48-34(23(3)4)40(56)46-31(21-49)38(54)44-30(19-26-20-42-28-15-10-9-14-27(26)28)36(52)41-17-11-16-32(50)43-24(5)35(51)47-33/h6-10,12-15,20,22-24,29-31,33-34,42,49H,11,16-19,21H2,1-5H3,(H,41,52)(H,43,50)(H,44,54)(H,45,55)(H,46,56)(H,47,51)(H,48,53)/t24-,29+,30-,31-,33-,34-/m1/s1. The second-order valence-electron chi connectivity index (χ2n) is 14.8. The number of aliphatic hydroxyl groups is 1. The molecule has 4 rings (SSSR count). The molecule has 0 bridgehead atoms. The summed E-state index contributed by atoms with van der Waals surface area (Å²) in [7, 11) is 0. The number of hydrogen-bond acceptors (Lipinski definition) is 8. The number of para-hydroxylation sites is 1. The van der Waals surface area contributed by atoms with Crippen LogP contribution in [0.15, 0.2) is 60.8 Å². The Labute approximate surface area is 326 Å². The third kappa shape index (κ3) is 11.9. The number of H-pyrrole nitrogens is 1. The molecule has 1 aromatic heterocycles. The van der Waals surface area contributed by atoms with Gasteiger partial charge in [-0.25, -0.2) is 0 Å². The Morgan fingerprint density at radius 1 is 0.625 bits per heavy atom. The van der Waals surface area contributed by atoms with Gasteiger partial charge in [-0.2, -0.15) is 0 Å². The van der Waals surface area contributed by atoms with Crippen LogP contribution in [-0.2, 0) is 46.4 Å². The summed E-state index contributed by atoms with van der Waals surface area (Å²) in [6, 6.07) is 9.18. The Morgan fingerprint density at radius 2 is 1.18 bits per heavy atom. The average molecular weight is 775 g/mol. The van der Waals surface area contributed by atoms with Crippen LogP contribution in [0.1, 0.15) is 58.6 Å². The fourth-order valence-electron chi connectivity index (χ4n) is 6.34. The third-order valence-corrected chi connectivity index (χ3v) is 9.61. The van der Waals surface area contributed by atoms with Crippen molar-refractivity contribution in [2.75, 3.05) is 13.2 Å². The van der Waals surface area contributed by atoms with Gasteiger partial charge in [0, 0.05) is 42.9 Å². The molecule has 0 saturated carbocycles. The lowest BCUT2D eigenvalue weighted by molar-refractivity contribution is -0.136. The van der Waals surface area contributed by atoms with E-state index in [1.54, 1.807) is 64.2 Å². The Kier molecular flexibility index (Phi) is 15.5. The van der Waals surface area contributed by atoms with Crippen LogP contribution in [0.2, 0.25) is 0 Å². The van der Waals surface area contributed by atoms with Crippen molar-refractivity contribution in [2.45, 2.75) is 96.6 Å². The minimum Gasteiger partial charge on any atom is -0.394 e. The van der Waals surface area contributed by atoms with Crippen LogP contribution < -0.4 is 37.2 Å². The van der Waals surface area contributed by atoms with E-state index < -0.39 is 96.0 Å². The van der Waals surface area contributed by atoms with E-state index >= 15 is 0 Å². The lowest BCUT2D eigenvalue weighted by Gasteiger charge is -2.29. The second kappa shape index (κ2) is 20.2. The maximum atomic E-state index is 14.0. The summed E-state index contributed by atoms with van der Waals surface area (Å²) in [4.78, 5) is 97.8. The predicted molar refractivity (Wildman–Crippen MR) is 208 cm³/mol. The van der Waals surface area contributed by atoms with Crippen molar-refractivity contribution in [3.63, 3.8) is 0 Å². The molecule has 6 atom stereocenters. The van der Waals surface area contributed by atoms with Gasteiger partial charge in [-0.05, 0) is 42.4 Å². The van der Waals surface area contributed by atoms with Crippen LogP contribution in [-0.4, -0.2) is 101 Å². The highest BCUT2D eigenvalue weighted by Crippen LogP contribution is 2.19. The van der Waals surface area contributed by atoms with Gasteiger partial charge in [0.1, 0.15) is 36.3 Å². The second-order valence-corrected chi connectivity index (χ2v) is 14.8. The largest absolute Gasteiger partial charge is 0.394 e. The number of fused-ring (bicyclic) bond motifs is 1. The fraction of sp³-hybridized carbons (Fsp3) is 0.475. The molecule has 1 saturated heterocycles. The Bertz CT molecular complexity index is 1860. The van der Waals surface area contributed by atoms with Crippen LogP contribution in [0, 0.1) is 11.8 Å². The number of carbonyl (C=O) groups excluding carboxylic acids is 7. The first-order chi connectivity index (χ1) is 26.7. The molecule has 0 radical (unpaired) electrons. The molecular weight excluding hydrogens is 720 g/mol. The first-order valence-electron chi connectivity index (χ1n) is 19.0. The topological polar surface area (TPSA) is 240 Å². The smallest absolute Gasteiger partial charge is 0.245 e. The zero-order valence-corrected chi connectivity index (χ0v) is 32.4. The van der Waals surface area contributed by atoms with Gasteiger partial charge in [0.15, 0.2) is 0 Å². The minimum absolute atomic E-state index is 0.0393. The number of benzene rings is 2. The van der Waals surface area contributed by atoms with E-state index in [4.69, 9.17) is 0 Å². The number of aromatic amines is 1. The molecule has 16 nitrogen and oxygen atoms in total. The number of hydrogen-bond donors (Lipinski definition) is 9. The van der Waals surface area contributed by atoms with Crippen LogP contribution in [0.5, 0.6) is 0 Å². The molecule has 2 aromatic carbocycles. The molecule has 0 spiro atoms. The molecule has 3 aromatic rings. The van der Waals surface area contributed by atoms with Gasteiger partial charge >= 0.3 is 0 Å². The molecule has 1 fully saturated rings. The van der Waals surface area contributed by atoms with E-state index in [9.17, 15) is 38.7 Å². The van der Waals surface area contributed by atoms with E-state index in [1.807, 2.05) is 24.3 Å². The first kappa shape index (κ1) is 43.0. The molecular formula is C40H54N8O8. The molecule has 0 aliphatic carbocycles. The fourth-order valence-corrected chi connectivity index (χ4v) is 6.34. The number of aliphatic hydroxyl groups excluding tert-OH is 1. The number of carbonyl (C=O) groups is 7. The number of rotatable bonds is 7. The lowest BCUT2D eigenvalue weighted by Crippen LogP contribution is -2.61. The molecule has 7 amide bonds. The van der Waals surface area contributed by atoms with Crippen LogP contribution in [0.4, 0.5) is 0 Å². The Balaban J connectivity index is 1.65. The minimum atomic E-state index is -1.50. The van der Waals surface area contributed by atoms with E-state index in [-0.39, 0.29) is 32.2 Å². The van der Waals surface area contributed by atoms with Crippen molar-refractivity contribution in [3.05, 3.63) is 71.9 Å². The molecule has 16 heteroatoms. The molecule has 56 heavy (non-hydrogen) atoms. The van der Waals surface area contributed by atoms with Gasteiger partial charge in [0.2, 0.25) is 41.4 Å². The highest BCUT2D eigenvalue weighted by molar-refractivity contribution is 5.97. The SMILES string of the molecule is CC(C)[C@H]1NC(=O)[C@H](Cc2ccccc2)NC(=O)[C@@H](C(C)C)NC(=O)[C@@H](C)NC(=O)CCCNC(=O)[C@@H](Cc2c[nH]c3ccccc23)NC(=O)[C@@H](CO)NC1=O. The highest BCUT2D eigenvalue weighted by Gasteiger charge is 2.35. The number of nitrogens with one attached hydrogen (secondary N) is 8. The average Bonchev–Trinajstić information content (AvgIpc) is 3.57. The van der Waals surface area contributed by atoms with E-state index in [2.05, 4.69) is 42.2 Å². The van der Waals surface area contributed by atoms with Crippen molar-refractivity contribution < 1.29 is 38.7 Å². The van der Waals surface area contributed by atoms with E-state index in [0.29, 0.717) is 5.56 Å². The van der Waals surface area contributed by atoms with Gasteiger partial charge in [0.05, 0.1) is 6.61 Å². The Morgan fingerprint density at radius 3 is 1.82 bits per heavy atom. The van der Waals surface area contributed by atoms with Gasteiger partial charge in [-0.15, -0.1) is 0 Å². The summed E-state index contributed by atoms with van der Waals surface area (Å²) in [6.07, 6.45) is 1.98. The normalized spacial score (nSPS) is 24.4. The lowest BCUT2D eigenvalue weighted by atomic mass is 9.99. The molecule has 1 aliphatic heterocycles. The summed E-state index contributed by atoms with van der Waals surface area (Å²) < 4.78 is 0. The summed E-state index contributed by atoms with van der Waals surface area (Å²) in [5.74, 6) is -5.55. The van der Waals surface area contributed by atoms with Crippen molar-refractivity contribution in [2.24, 2.45) is 11.8 Å². The van der Waals surface area contributed by atoms with Crippen LogP contribution in [0.3, 0.4) is 0 Å². The van der Waals surface area contributed by atoms with Crippen molar-refractivity contribution in [3.8, 4) is 0 Å². The summed E-state index contributed by atoms with van der Waals surface area (Å²) in [6.45, 7) is 7.52. The molecule has 302 valence electrons. The summed E-state index contributed by atoms with van der Waals surface area (Å²) in [5.41, 5.74) is 2.26. The summed E-state index contributed by atoms with van der Waals surface area (Å²) >= 11 is 0. The quantitative estimate of drug-likeness (QED) is 0.159. The van der Waals surface area contributed by atoms with E-state index in [0.717, 1.165) is 16.5 Å². The molecule has 0 unspecified atom stereocenters. The van der Waals surface area contributed by atoms with Crippen molar-refractivity contribution >= 4 is 52.3 Å². The number of amides is 7. The third-order valence-electron chi connectivity index (χ3n) is 9.61. The summed E-state index contributed by atoms with van der Waals surface area (Å²) in [5, 5.41) is 29.8. The van der Waals surface area contributed by atoms with Crippen molar-refractivity contribution in [1.82, 2.24) is 42.2 Å². The molecule has 2 heterocycles. The van der Waals surface area contributed by atoms with Gasteiger partial charge in [-0.3, -0.25) is 33.6 Å². The van der Waals surface area contributed by atoms with Gasteiger partial charge < -0.3 is 47.3 Å². The molecule has 9 N–H and O–H groups in total.